The number of aliphatic hydroxyl groups excluding tert-OH is 1. The molecule has 1 unspecified atom stereocenters. The molecular weight excluding hydrogens is 420 g/mol. The molecule has 2 fully saturated rings. The molecule has 3 nitrogen and oxygen atoms in total. The number of fused-ring (bicyclic) bond motifs is 4. The zero-order valence-electron chi connectivity index (χ0n) is 20.9. The summed E-state index contributed by atoms with van der Waals surface area (Å²) in [6, 6.07) is 8.51. The van der Waals surface area contributed by atoms with E-state index in [1.807, 2.05) is 13.0 Å². The van der Waals surface area contributed by atoms with E-state index in [0.29, 0.717) is 24.7 Å². The van der Waals surface area contributed by atoms with Crippen LogP contribution in [0.4, 0.5) is 0 Å². The molecule has 2 N–H and O–H groups in total. The van der Waals surface area contributed by atoms with Gasteiger partial charge in [-0.3, -0.25) is 4.79 Å². The van der Waals surface area contributed by atoms with Gasteiger partial charge in [-0.1, -0.05) is 48.9 Å². The fourth-order valence-electron chi connectivity index (χ4n) is 8.49. The van der Waals surface area contributed by atoms with Crippen LogP contribution < -0.4 is 0 Å². The van der Waals surface area contributed by atoms with Crippen LogP contribution in [0.25, 0.3) is 5.57 Å². The lowest BCUT2D eigenvalue weighted by atomic mass is 9.51. The maximum atomic E-state index is 12.6. The van der Waals surface area contributed by atoms with Gasteiger partial charge in [0.1, 0.15) is 0 Å². The lowest BCUT2D eigenvalue weighted by molar-refractivity contribution is -0.123. The first-order valence-corrected chi connectivity index (χ1v) is 13.4. The summed E-state index contributed by atoms with van der Waals surface area (Å²) >= 11 is 0. The summed E-state index contributed by atoms with van der Waals surface area (Å²) in [6.07, 6.45) is 11.1. The van der Waals surface area contributed by atoms with Crippen molar-refractivity contribution in [3.63, 3.8) is 0 Å². The number of aliphatic hydroxyl groups is 2. The standard InChI is InChI=1S/C31H40O3/c1-4-30-16-13-26-25-12-10-24(33)19-23(25)9-11-27(26)29(30)14-17-31(30,34)28(15-18-32)22-7-5-21(6-8-22)20(2)3/h5-8,19,27-29,32,34H,2,4,9-18H2,1,3H3/t27-,28?,29+,30+,31+/m1/s1. The normalized spacial score (nSPS) is 33.6. The minimum atomic E-state index is -0.811. The molecule has 0 aliphatic heterocycles. The maximum absolute atomic E-state index is 12.6. The average molecular weight is 461 g/mol. The minimum Gasteiger partial charge on any atom is -0.396 e. The Balaban J connectivity index is 1.53. The highest BCUT2D eigenvalue weighted by Gasteiger charge is 2.64. The molecule has 3 heteroatoms. The van der Waals surface area contributed by atoms with Gasteiger partial charge in [0.15, 0.2) is 5.78 Å². The Bertz CT molecular complexity index is 1040. The molecule has 0 spiro atoms. The Morgan fingerprint density at radius 2 is 1.88 bits per heavy atom. The zero-order valence-corrected chi connectivity index (χ0v) is 20.9. The highest BCUT2D eigenvalue weighted by atomic mass is 16.3. The van der Waals surface area contributed by atoms with Gasteiger partial charge in [-0.2, -0.15) is 0 Å². The van der Waals surface area contributed by atoms with E-state index in [4.69, 9.17) is 0 Å². The van der Waals surface area contributed by atoms with Crippen LogP contribution in [0, 0.1) is 17.3 Å². The quantitative estimate of drug-likeness (QED) is 0.508. The number of hydrogen-bond donors (Lipinski definition) is 2. The van der Waals surface area contributed by atoms with Gasteiger partial charge < -0.3 is 10.2 Å². The maximum Gasteiger partial charge on any atom is 0.156 e. The molecule has 0 aromatic heterocycles. The van der Waals surface area contributed by atoms with E-state index in [2.05, 4.69) is 37.8 Å². The second-order valence-electron chi connectivity index (χ2n) is 11.3. The molecule has 0 bridgehead atoms. The third-order valence-corrected chi connectivity index (χ3v) is 10.1. The monoisotopic (exact) mass is 460 g/mol. The van der Waals surface area contributed by atoms with E-state index in [-0.39, 0.29) is 23.7 Å². The van der Waals surface area contributed by atoms with Crippen molar-refractivity contribution < 1.29 is 15.0 Å². The topological polar surface area (TPSA) is 57.5 Å². The number of allylic oxidation sites excluding steroid dienone is 5. The second-order valence-corrected chi connectivity index (χ2v) is 11.3. The van der Waals surface area contributed by atoms with Crippen LogP contribution in [0.1, 0.15) is 95.1 Å². The zero-order chi connectivity index (χ0) is 24.1. The molecule has 4 aliphatic rings. The van der Waals surface area contributed by atoms with Crippen molar-refractivity contribution in [2.45, 2.75) is 89.6 Å². The Kier molecular flexibility index (Phi) is 6.23. The van der Waals surface area contributed by atoms with Crippen LogP contribution in [0.5, 0.6) is 0 Å². The number of carbonyl (C=O) groups excluding carboxylic acids is 1. The van der Waals surface area contributed by atoms with Crippen molar-refractivity contribution in [3.8, 4) is 0 Å². The molecule has 2 saturated carbocycles. The van der Waals surface area contributed by atoms with Gasteiger partial charge in [0.25, 0.3) is 0 Å². The van der Waals surface area contributed by atoms with Crippen molar-refractivity contribution in [3.05, 3.63) is 64.8 Å². The van der Waals surface area contributed by atoms with E-state index >= 15 is 0 Å². The van der Waals surface area contributed by atoms with Crippen LogP contribution in [0.3, 0.4) is 0 Å². The predicted octanol–water partition coefficient (Wildman–Crippen LogP) is 6.51. The molecule has 0 heterocycles. The van der Waals surface area contributed by atoms with Gasteiger partial charge in [0.05, 0.1) is 5.60 Å². The molecular formula is C31H40O3. The third-order valence-electron chi connectivity index (χ3n) is 10.1. The first-order chi connectivity index (χ1) is 16.3. The number of carbonyl (C=O) groups is 1. The number of rotatable bonds is 6. The summed E-state index contributed by atoms with van der Waals surface area (Å²) in [7, 11) is 0. The Morgan fingerprint density at radius 3 is 2.56 bits per heavy atom. The summed E-state index contributed by atoms with van der Waals surface area (Å²) in [5.74, 6) is 1.23. The number of hydrogen-bond acceptors (Lipinski definition) is 3. The molecule has 5 atom stereocenters. The first kappa shape index (κ1) is 23.8. The predicted molar refractivity (Wildman–Crippen MR) is 137 cm³/mol. The number of ketones is 1. The van der Waals surface area contributed by atoms with Crippen LogP contribution in [-0.2, 0) is 4.79 Å². The lowest BCUT2D eigenvalue weighted by Gasteiger charge is -2.55. The van der Waals surface area contributed by atoms with Crippen LogP contribution in [-0.4, -0.2) is 28.2 Å². The molecule has 5 rings (SSSR count). The van der Waals surface area contributed by atoms with Crippen molar-refractivity contribution in [1.82, 2.24) is 0 Å². The van der Waals surface area contributed by atoms with Gasteiger partial charge in [-0.15, -0.1) is 0 Å². The highest BCUT2D eigenvalue weighted by molar-refractivity contribution is 5.93. The summed E-state index contributed by atoms with van der Waals surface area (Å²) in [6.45, 7) is 8.43. The average Bonchev–Trinajstić information content (AvgIpc) is 3.15. The van der Waals surface area contributed by atoms with Crippen LogP contribution in [0.2, 0.25) is 0 Å². The summed E-state index contributed by atoms with van der Waals surface area (Å²) in [5.41, 5.74) is 6.76. The minimum absolute atomic E-state index is 0.0674. The molecule has 0 radical (unpaired) electrons. The largest absolute Gasteiger partial charge is 0.396 e. The van der Waals surface area contributed by atoms with E-state index < -0.39 is 5.60 Å². The van der Waals surface area contributed by atoms with Gasteiger partial charge in [0.2, 0.25) is 0 Å². The molecule has 1 aromatic rings. The second kappa shape index (κ2) is 8.91. The molecule has 182 valence electrons. The summed E-state index contributed by atoms with van der Waals surface area (Å²) in [5, 5.41) is 22.7. The number of benzene rings is 1. The molecule has 4 aliphatic carbocycles. The Hall–Kier alpha value is -1.97. The Morgan fingerprint density at radius 1 is 1.12 bits per heavy atom. The van der Waals surface area contributed by atoms with Gasteiger partial charge in [-0.05, 0) is 105 Å². The lowest BCUT2D eigenvalue weighted by Crippen LogP contribution is -2.54. The molecule has 1 aromatic carbocycles. The van der Waals surface area contributed by atoms with E-state index in [9.17, 15) is 15.0 Å². The SMILES string of the molecule is C=C(C)c1ccc(C(CCO)[C@@]2(O)CC[C@H]3[C@@H]4CCC5=CC(=O)CCC5=C4CC[C@@]32CC)cc1. The third kappa shape index (κ3) is 3.50. The summed E-state index contributed by atoms with van der Waals surface area (Å²) in [4.78, 5) is 12.0. The Labute approximate surface area is 204 Å². The van der Waals surface area contributed by atoms with Gasteiger partial charge in [0, 0.05) is 24.4 Å². The van der Waals surface area contributed by atoms with E-state index in [1.54, 1.807) is 5.57 Å². The van der Waals surface area contributed by atoms with Crippen LogP contribution >= 0.6 is 0 Å². The fraction of sp³-hybridized carbons (Fsp3) is 0.581. The first-order valence-electron chi connectivity index (χ1n) is 13.4. The highest BCUT2D eigenvalue weighted by Crippen LogP contribution is 2.68. The van der Waals surface area contributed by atoms with Crippen LogP contribution in [0.15, 0.2) is 53.6 Å². The van der Waals surface area contributed by atoms with Crippen molar-refractivity contribution >= 4 is 11.4 Å². The smallest absolute Gasteiger partial charge is 0.156 e. The molecule has 0 saturated heterocycles. The summed E-state index contributed by atoms with van der Waals surface area (Å²) < 4.78 is 0. The van der Waals surface area contributed by atoms with Gasteiger partial charge in [-0.25, -0.2) is 0 Å². The van der Waals surface area contributed by atoms with Crippen molar-refractivity contribution in [2.24, 2.45) is 17.3 Å². The van der Waals surface area contributed by atoms with E-state index in [0.717, 1.165) is 68.1 Å². The molecule has 34 heavy (non-hydrogen) atoms. The van der Waals surface area contributed by atoms with Crippen molar-refractivity contribution in [2.75, 3.05) is 6.61 Å². The van der Waals surface area contributed by atoms with Gasteiger partial charge >= 0.3 is 0 Å². The van der Waals surface area contributed by atoms with E-state index in [1.165, 1.54) is 11.1 Å². The van der Waals surface area contributed by atoms with Crippen molar-refractivity contribution in [1.29, 1.82) is 0 Å². The molecule has 0 amide bonds. The fourth-order valence-corrected chi connectivity index (χ4v) is 8.49.